The van der Waals surface area contributed by atoms with Gasteiger partial charge in [-0.2, -0.15) is 0 Å². The summed E-state index contributed by atoms with van der Waals surface area (Å²) in [4.78, 5) is 16.9. The van der Waals surface area contributed by atoms with Crippen molar-refractivity contribution in [1.82, 2.24) is 4.90 Å². The molecule has 0 aromatic heterocycles. The van der Waals surface area contributed by atoms with Crippen LogP contribution < -0.4 is 9.64 Å². The van der Waals surface area contributed by atoms with Crippen LogP contribution in [0.5, 0.6) is 5.75 Å². The number of hydrogen-bond donors (Lipinski definition) is 0. The van der Waals surface area contributed by atoms with Gasteiger partial charge in [-0.3, -0.25) is 4.79 Å². The number of ether oxygens (including phenoxy) is 1. The van der Waals surface area contributed by atoms with Gasteiger partial charge >= 0.3 is 0 Å². The number of amides is 1. The molecule has 1 saturated heterocycles. The van der Waals surface area contributed by atoms with Crippen molar-refractivity contribution in [1.29, 1.82) is 0 Å². The molecule has 25 heavy (non-hydrogen) atoms. The molecule has 0 bridgehead atoms. The Morgan fingerprint density at radius 2 is 1.64 bits per heavy atom. The van der Waals surface area contributed by atoms with Crippen molar-refractivity contribution in [2.75, 3.05) is 31.1 Å². The van der Waals surface area contributed by atoms with Crippen LogP contribution in [0.3, 0.4) is 0 Å². The molecule has 1 aliphatic rings. The van der Waals surface area contributed by atoms with Crippen LogP contribution in [-0.2, 0) is 4.79 Å². The van der Waals surface area contributed by atoms with Gasteiger partial charge in [0.2, 0.25) is 0 Å². The van der Waals surface area contributed by atoms with Gasteiger partial charge < -0.3 is 14.5 Å². The van der Waals surface area contributed by atoms with E-state index in [4.69, 9.17) is 4.74 Å². The van der Waals surface area contributed by atoms with Crippen molar-refractivity contribution in [2.45, 2.75) is 26.9 Å². The highest BCUT2D eigenvalue weighted by molar-refractivity contribution is 5.81. The second-order valence-electron chi connectivity index (χ2n) is 6.60. The molecule has 0 radical (unpaired) electrons. The highest BCUT2D eigenvalue weighted by Crippen LogP contribution is 2.24. The Bertz CT molecular complexity index is 722. The SMILES string of the molecule is Cc1cccc(N2CCN(C(=O)[C@@H](C)Oc3ccccc3)CC2)c1C. The summed E-state index contributed by atoms with van der Waals surface area (Å²) in [5.41, 5.74) is 3.91. The number of anilines is 1. The summed E-state index contributed by atoms with van der Waals surface area (Å²) in [6.07, 6.45) is -0.463. The number of aryl methyl sites for hydroxylation is 1. The molecular formula is C21H26N2O2. The van der Waals surface area contributed by atoms with Crippen LogP contribution in [0.2, 0.25) is 0 Å². The van der Waals surface area contributed by atoms with E-state index < -0.39 is 6.10 Å². The van der Waals surface area contributed by atoms with Gasteiger partial charge in [-0.15, -0.1) is 0 Å². The van der Waals surface area contributed by atoms with Crippen LogP contribution in [0.25, 0.3) is 0 Å². The molecule has 1 atom stereocenters. The van der Waals surface area contributed by atoms with Crippen molar-refractivity contribution in [3.63, 3.8) is 0 Å². The van der Waals surface area contributed by atoms with E-state index >= 15 is 0 Å². The molecular weight excluding hydrogens is 312 g/mol. The fraction of sp³-hybridized carbons (Fsp3) is 0.381. The molecule has 2 aromatic rings. The maximum Gasteiger partial charge on any atom is 0.263 e. The van der Waals surface area contributed by atoms with Crippen molar-refractivity contribution >= 4 is 11.6 Å². The highest BCUT2D eigenvalue weighted by atomic mass is 16.5. The zero-order valence-electron chi connectivity index (χ0n) is 15.2. The third-order valence-corrected chi connectivity index (χ3v) is 4.91. The fourth-order valence-corrected chi connectivity index (χ4v) is 3.26. The third kappa shape index (κ3) is 3.95. The second-order valence-corrected chi connectivity index (χ2v) is 6.60. The number of rotatable bonds is 4. The zero-order chi connectivity index (χ0) is 17.8. The van der Waals surface area contributed by atoms with Crippen LogP contribution in [0, 0.1) is 13.8 Å². The first-order chi connectivity index (χ1) is 12.1. The van der Waals surface area contributed by atoms with Gasteiger partial charge in [0.25, 0.3) is 5.91 Å². The molecule has 0 N–H and O–H groups in total. The molecule has 4 heteroatoms. The summed E-state index contributed by atoms with van der Waals surface area (Å²) in [6.45, 7) is 9.30. The summed E-state index contributed by atoms with van der Waals surface area (Å²) in [5, 5.41) is 0. The monoisotopic (exact) mass is 338 g/mol. The Labute approximate surface area is 150 Å². The highest BCUT2D eigenvalue weighted by Gasteiger charge is 2.26. The van der Waals surface area contributed by atoms with E-state index in [9.17, 15) is 4.79 Å². The van der Waals surface area contributed by atoms with E-state index in [1.807, 2.05) is 42.2 Å². The van der Waals surface area contributed by atoms with Crippen LogP contribution >= 0.6 is 0 Å². The third-order valence-electron chi connectivity index (χ3n) is 4.91. The second kappa shape index (κ2) is 7.60. The quantitative estimate of drug-likeness (QED) is 0.856. The molecule has 2 aromatic carbocycles. The van der Waals surface area contributed by atoms with Crippen LogP contribution in [0.4, 0.5) is 5.69 Å². The molecule has 0 unspecified atom stereocenters. The van der Waals surface area contributed by atoms with E-state index in [0.29, 0.717) is 0 Å². The zero-order valence-corrected chi connectivity index (χ0v) is 15.2. The molecule has 0 saturated carbocycles. The minimum absolute atomic E-state index is 0.0597. The van der Waals surface area contributed by atoms with E-state index in [0.717, 1.165) is 31.9 Å². The number of benzene rings is 2. The average molecular weight is 338 g/mol. The predicted octanol–water partition coefficient (Wildman–Crippen LogP) is 3.42. The Kier molecular flexibility index (Phi) is 5.27. The molecule has 0 aliphatic carbocycles. The van der Waals surface area contributed by atoms with E-state index in [1.165, 1.54) is 16.8 Å². The molecule has 132 valence electrons. The van der Waals surface area contributed by atoms with E-state index in [-0.39, 0.29) is 5.91 Å². The number of carbonyl (C=O) groups is 1. The van der Waals surface area contributed by atoms with Crippen molar-refractivity contribution in [2.24, 2.45) is 0 Å². The fourth-order valence-electron chi connectivity index (χ4n) is 3.26. The van der Waals surface area contributed by atoms with Crippen LogP contribution in [-0.4, -0.2) is 43.1 Å². The van der Waals surface area contributed by atoms with E-state index in [2.05, 4.69) is 36.9 Å². The summed E-state index contributed by atoms with van der Waals surface area (Å²) < 4.78 is 5.77. The number of piperazine rings is 1. The topological polar surface area (TPSA) is 32.8 Å². The Hall–Kier alpha value is -2.49. The molecule has 4 nitrogen and oxygen atoms in total. The maximum atomic E-state index is 12.6. The smallest absolute Gasteiger partial charge is 0.263 e. The lowest BCUT2D eigenvalue weighted by atomic mass is 10.1. The number of carbonyl (C=O) groups excluding carboxylic acids is 1. The minimum atomic E-state index is -0.463. The number of para-hydroxylation sites is 1. The lowest BCUT2D eigenvalue weighted by Gasteiger charge is -2.37. The van der Waals surface area contributed by atoms with Crippen molar-refractivity contribution in [3.05, 3.63) is 59.7 Å². The van der Waals surface area contributed by atoms with Gasteiger partial charge in [0, 0.05) is 31.9 Å². The standard InChI is InChI=1S/C21H26N2O2/c1-16-8-7-11-20(17(16)2)22-12-14-23(15-13-22)21(24)18(3)25-19-9-5-4-6-10-19/h4-11,18H,12-15H2,1-3H3/t18-/m1/s1. The largest absolute Gasteiger partial charge is 0.481 e. The normalized spacial score (nSPS) is 15.8. The lowest BCUT2D eigenvalue weighted by Crippen LogP contribution is -2.52. The van der Waals surface area contributed by atoms with Crippen LogP contribution in [0.1, 0.15) is 18.1 Å². The molecule has 1 aliphatic heterocycles. The first-order valence-corrected chi connectivity index (χ1v) is 8.88. The molecule has 0 spiro atoms. The van der Waals surface area contributed by atoms with Gasteiger partial charge in [-0.05, 0) is 50.1 Å². The van der Waals surface area contributed by atoms with Crippen LogP contribution in [0.15, 0.2) is 48.5 Å². The summed E-state index contributed by atoms with van der Waals surface area (Å²) in [6, 6.07) is 15.9. The molecule has 1 fully saturated rings. The number of nitrogens with zero attached hydrogens (tertiary/aromatic N) is 2. The molecule has 1 amide bonds. The Morgan fingerprint density at radius 3 is 2.32 bits per heavy atom. The summed E-state index contributed by atoms with van der Waals surface area (Å²) >= 11 is 0. The van der Waals surface area contributed by atoms with Crippen molar-refractivity contribution in [3.8, 4) is 5.75 Å². The first-order valence-electron chi connectivity index (χ1n) is 8.88. The van der Waals surface area contributed by atoms with E-state index in [1.54, 1.807) is 0 Å². The van der Waals surface area contributed by atoms with Gasteiger partial charge in [0.15, 0.2) is 6.10 Å². The summed E-state index contributed by atoms with van der Waals surface area (Å²) in [5.74, 6) is 0.793. The average Bonchev–Trinajstić information content (AvgIpc) is 2.64. The predicted molar refractivity (Wildman–Crippen MR) is 101 cm³/mol. The molecule has 3 rings (SSSR count). The lowest BCUT2D eigenvalue weighted by molar-refractivity contribution is -0.138. The van der Waals surface area contributed by atoms with Crippen molar-refractivity contribution < 1.29 is 9.53 Å². The van der Waals surface area contributed by atoms with Gasteiger partial charge in [0.1, 0.15) is 5.75 Å². The Morgan fingerprint density at radius 1 is 0.960 bits per heavy atom. The maximum absolute atomic E-state index is 12.6. The molecule has 1 heterocycles. The summed E-state index contributed by atoms with van der Waals surface area (Å²) in [7, 11) is 0. The number of hydrogen-bond acceptors (Lipinski definition) is 3. The minimum Gasteiger partial charge on any atom is -0.481 e. The van der Waals surface area contributed by atoms with Gasteiger partial charge in [-0.25, -0.2) is 0 Å². The Balaban J connectivity index is 1.58. The van der Waals surface area contributed by atoms with Gasteiger partial charge in [-0.1, -0.05) is 30.3 Å². The van der Waals surface area contributed by atoms with Gasteiger partial charge in [0.05, 0.1) is 0 Å². The first kappa shape index (κ1) is 17.3.